The summed E-state index contributed by atoms with van der Waals surface area (Å²) in [5, 5.41) is 15.3. The maximum absolute atomic E-state index is 12.1. The first-order valence-electron chi connectivity index (χ1n) is 8.57. The van der Waals surface area contributed by atoms with Crippen molar-refractivity contribution < 1.29 is 14.6 Å². The number of nitrogens with one attached hydrogen (secondary N) is 2. The van der Waals surface area contributed by atoms with Gasteiger partial charge in [-0.25, -0.2) is 4.79 Å². The summed E-state index contributed by atoms with van der Waals surface area (Å²) in [6.07, 6.45) is 1.15. The second-order valence-corrected chi connectivity index (χ2v) is 6.33. The maximum atomic E-state index is 12.1. The zero-order valence-corrected chi connectivity index (χ0v) is 14.4. The molecule has 1 aliphatic rings. The molecule has 2 aromatic carbocycles. The lowest BCUT2D eigenvalue weighted by Crippen LogP contribution is -2.41. The highest BCUT2D eigenvalue weighted by Crippen LogP contribution is 2.34. The van der Waals surface area contributed by atoms with Crippen molar-refractivity contribution in [2.45, 2.75) is 25.0 Å². The molecule has 5 heteroatoms. The highest BCUT2D eigenvalue weighted by Gasteiger charge is 2.24. The third kappa shape index (κ3) is 4.38. The minimum atomic E-state index is -0.698. The number of hydrogen-bond acceptors (Lipinski definition) is 3. The number of hydrogen-bond donors (Lipinski definition) is 3. The minimum absolute atomic E-state index is 0.00164. The Morgan fingerprint density at radius 2 is 2.04 bits per heavy atom. The van der Waals surface area contributed by atoms with Gasteiger partial charge in [-0.1, -0.05) is 42.5 Å². The van der Waals surface area contributed by atoms with Crippen LogP contribution in [0.2, 0.25) is 0 Å². The monoisotopic (exact) mass is 340 g/mol. The number of amides is 2. The van der Waals surface area contributed by atoms with Crippen molar-refractivity contribution in [1.29, 1.82) is 0 Å². The van der Waals surface area contributed by atoms with Crippen LogP contribution in [0.4, 0.5) is 4.79 Å². The number of fused-ring (bicyclic) bond motifs is 1. The number of carbonyl (C=O) groups excluding carboxylic acids is 1. The van der Waals surface area contributed by atoms with E-state index in [0.29, 0.717) is 0 Å². The number of benzene rings is 2. The van der Waals surface area contributed by atoms with Crippen LogP contribution in [0.15, 0.2) is 48.5 Å². The van der Waals surface area contributed by atoms with Crippen molar-refractivity contribution in [3.8, 4) is 11.1 Å². The number of aryl methyl sites for hydroxylation is 1. The SMILES string of the molecule is COC[C@H](O)CNC(=O)NC1CCc2ccc(-c3ccccc3)cc21. The maximum Gasteiger partial charge on any atom is 0.315 e. The van der Waals surface area contributed by atoms with E-state index in [1.54, 1.807) is 0 Å². The molecular weight excluding hydrogens is 316 g/mol. The van der Waals surface area contributed by atoms with Crippen molar-refractivity contribution in [1.82, 2.24) is 10.6 Å². The standard InChI is InChI=1S/C20H24N2O3/c1-25-13-17(23)12-21-20(24)22-19-10-9-15-7-8-16(11-18(15)19)14-5-3-2-4-6-14/h2-8,11,17,19,23H,9-10,12-13H2,1H3,(H2,21,22,24)/t17-,19?/m1/s1. The molecule has 1 aliphatic carbocycles. The van der Waals surface area contributed by atoms with Gasteiger partial charge in [-0.05, 0) is 41.2 Å². The zero-order valence-electron chi connectivity index (χ0n) is 14.4. The Morgan fingerprint density at radius 1 is 1.24 bits per heavy atom. The van der Waals surface area contributed by atoms with E-state index >= 15 is 0 Å². The molecule has 0 aromatic heterocycles. The quantitative estimate of drug-likeness (QED) is 0.757. The summed E-state index contributed by atoms with van der Waals surface area (Å²) in [5.74, 6) is 0. The molecular formula is C20H24N2O3. The predicted molar refractivity (Wildman–Crippen MR) is 97.4 cm³/mol. The van der Waals surface area contributed by atoms with Crippen LogP contribution in [0.25, 0.3) is 11.1 Å². The lowest BCUT2D eigenvalue weighted by atomic mass is 9.99. The van der Waals surface area contributed by atoms with Crippen molar-refractivity contribution in [3.05, 3.63) is 59.7 Å². The molecule has 0 aliphatic heterocycles. The number of methoxy groups -OCH3 is 1. The second-order valence-electron chi connectivity index (χ2n) is 6.33. The van der Waals surface area contributed by atoms with E-state index in [1.807, 2.05) is 18.2 Å². The highest BCUT2D eigenvalue weighted by atomic mass is 16.5. The van der Waals surface area contributed by atoms with Crippen LogP contribution in [-0.4, -0.2) is 37.5 Å². The summed E-state index contributed by atoms with van der Waals surface area (Å²) in [6, 6.07) is 16.4. The molecule has 1 unspecified atom stereocenters. The second kappa shape index (κ2) is 8.14. The van der Waals surface area contributed by atoms with Crippen molar-refractivity contribution in [2.75, 3.05) is 20.3 Å². The van der Waals surface area contributed by atoms with Crippen molar-refractivity contribution in [3.63, 3.8) is 0 Å². The fourth-order valence-corrected chi connectivity index (χ4v) is 3.23. The lowest BCUT2D eigenvalue weighted by Gasteiger charge is -2.17. The van der Waals surface area contributed by atoms with E-state index in [0.717, 1.165) is 18.4 Å². The molecule has 0 saturated carbocycles. The molecule has 0 spiro atoms. The Balaban J connectivity index is 1.66. The predicted octanol–water partition coefficient (Wildman–Crippen LogP) is 2.65. The van der Waals surface area contributed by atoms with Gasteiger partial charge in [-0.2, -0.15) is 0 Å². The summed E-state index contributed by atoms with van der Waals surface area (Å²) >= 11 is 0. The third-order valence-corrected chi connectivity index (χ3v) is 4.49. The molecule has 3 N–H and O–H groups in total. The summed E-state index contributed by atoms with van der Waals surface area (Å²) in [7, 11) is 1.52. The smallest absolute Gasteiger partial charge is 0.315 e. The normalized spacial score (nSPS) is 17.0. The molecule has 0 radical (unpaired) electrons. The Bertz CT molecular complexity index is 718. The van der Waals surface area contributed by atoms with Gasteiger partial charge in [0.1, 0.15) is 0 Å². The van der Waals surface area contributed by atoms with E-state index in [2.05, 4.69) is 41.0 Å². The molecule has 132 valence electrons. The Hall–Kier alpha value is -2.37. The minimum Gasteiger partial charge on any atom is -0.389 e. The Labute approximate surface area is 148 Å². The first-order chi connectivity index (χ1) is 12.2. The van der Waals surface area contributed by atoms with Gasteiger partial charge >= 0.3 is 6.03 Å². The van der Waals surface area contributed by atoms with E-state index in [9.17, 15) is 9.90 Å². The molecule has 3 rings (SSSR count). The van der Waals surface area contributed by atoms with Crippen LogP contribution in [0.5, 0.6) is 0 Å². The Morgan fingerprint density at radius 3 is 2.80 bits per heavy atom. The fraction of sp³-hybridized carbons (Fsp3) is 0.350. The van der Waals surface area contributed by atoms with Crippen LogP contribution in [0, 0.1) is 0 Å². The van der Waals surface area contributed by atoms with Gasteiger partial charge in [0.05, 0.1) is 18.8 Å². The molecule has 5 nitrogen and oxygen atoms in total. The fourth-order valence-electron chi connectivity index (χ4n) is 3.23. The van der Waals surface area contributed by atoms with E-state index in [4.69, 9.17) is 4.74 Å². The highest BCUT2D eigenvalue weighted by molar-refractivity contribution is 5.75. The lowest BCUT2D eigenvalue weighted by molar-refractivity contribution is 0.0659. The van der Waals surface area contributed by atoms with Gasteiger partial charge in [0.2, 0.25) is 0 Å². The van der Waals surface area contributed by atoms with Crippen LogP contribution >= 0.6 is 0 Å². The van der Waals surface area contributed by atoms with Crippen LogP contribution in [0.3, 0.4) is 0 Å². The zero-order chi connectivity index (χ0) is 17.6. The Kier molecular flexibility index (Phi) is 5.68. The van der Waals surface area contributed by atoms with Gasteiger partial charge in [-0.3, -0.25) is 0 Å². The van der Waals surface area contributed by atoms with Crippen LogP contribution < -0.4 is 10.6 Å². The van der Waals surface area contributed by atoms with Crippen LogP contribution in [0.1, 0.15) is 23.6 Å². The number of aliphatic hydroxyl groups is 1. The van der Waals surface area contributed by atoms with Gasteiger partial charge in [0.25, 0.3) is 0 Å². The van der Waals surface area contributed by atoms with E-state index < -0.39 is 6.10 Å². The summed E-state index contributed by atoms with van der Waals surface area (Å²) in [4.78, 5) is 12.1. The average molecular weight is 340 g/mol. The van der Waals surface area contributed by atoms with Crippen molar-refractivity contribution in [2.24, 2.45) is 0 Å². The molecule has 2 atom stereocenters. The van der Waals surface area contributed by atoms with Gasteiger partial charge in [0.15, 0.2) is 0 Å². The van der Waals surface area contributed by atoms with Gasteiger partial charge < -0.3 is 20.5 Å². The molecule has 0 bridgehead atoms. The van der Waals surface area contributed by atoms with Crippen LogP contribution in [-0.2, 0) is 11.2 Å². The molecule has 2 aromatic rings. The molecule has 0 fully saturated rings. The summed E-state index contributed by atoms with van der Waals surface area (Å²) in [6.45, 7) is 0.371. The van der Waals surface area contributed by atoms with E-state index in [1.165, 1.54) is 23.8 Å². The third-order valence-electron chi connectivity index (χ3n) is 4.49. The first kappa shape index (κ1) is 17.5. The van der Waals surface area contributed by atoms with Gasteiger partial charge in [-0.15, -0.1) is 0 Å². The van der Waals surface area contributed by atoms with Gasteiger partial charge in [0, 0.05) is 13.7 Å². The molecule has 0 saturated heterocycles. The largest absolute Gasteiger partial charge is 0.389 e. The summed E-state index contributed by atoms with van der Waals surface area (Å²) in [5.41, 5.74) is 4.78. The molecule has 0 heterocycles. The topological polar surface area (TPSA) is 70.6 Å². The number of carbonyl (C=O) groups is 1. The summed E-state index contributed by atoms with van der Waals surface area (Å²) < 4.78 is 4.85. The van der Waals surface area contributed by atoms with E-state index in [-0.39, 0.29) is 25.2 Å². The molecule has 2 amide bonds. The first-order valence-corrected chi connectivity index (χ1v) is 8.57. The number of urea groups is 1. The number of aliphatic hydroxyl groups excluding tert-OH is 1. The number of rotatable bonds is 6. The number of ether oxygens (including phenoxy) is 1. The van der Waals surface area contributed by atoms with Crippen molar-refractivity contribution >= 4 is 6.03 Å². The average Bonchev–Trinajstić information content (AvgIpc) is 3.03. The molecule has 25 heavy (non-hydrogen) atoms.